The molecule has 0 radical (unpaired) electrons. The highest BCUT2D eigenvalue weighted by molar-refractivity contribution is 5.53. The topological polar surface area (TPSA) is 43.1 Å². The first-order valence-electron chi connectivity index (χ1n) is 5.84. The Morgan fingerprint density at radius 1 is 1.18 bits per heavy atom. The average molecular weight is 227 g/mol. The van der Waals surface area contributed by atoms with Crippen molar-refractivity contribution in [2.24, 2.45) is 0 Å². The molecule has 1 aliphatic carbocycles. The zero-order valence-electron chi connectivity index (χ0n) is 9.69. The molecule has 0 amide bonds. The molecule has 0 spiro atoms. The normalized spacial score (nSPS) is 13.7. The fraction of sp³-hybridized carbons (Fsp3) is 0.286. The summed E-state index contributed by atoms with van der Waals surface area (Å²) in [6.07, 6.45) is 2.65. The number of benzene rings is 1. The van der Waals surface area contributed by atoms with Crippen molar-refractivity contribution < 1.29 is 4.42 Å². The molecule has 0 atom stereocenters. The summed E-state index contributed by atoms with van der Waals surface area (Å²) in [6, 6.07) is 7.85. The van der Waals surface area contributed by atoms with Crippen LogP contribution in [-0.4, -0.2) is 4.98 Å². The molecule has 2 aromatic rings. The molecule has 0 saturated heterocycles. The first-order chi connectivity index (χ1) is 8.24. The SMILES string of the molecule is Cc1ccc(-c2nc(=O)c3c(o2)CCC3)cc1. The van der Waals surface area contributed by atoms with Gasteiger partial charge in [0, 0.05) is 12.0 Å². The number of rotatable bonds is 1. The van der Waals surface area contributed by atoms with E-state index in [9.17, 15) is 4.79 Å². The van der Waals surface area contributed by atoms with Crippen LogP contribution in [0.3, 0.4) is 0 Å². The Balaban J connectivity index is 2.13. The standard InChI is InChI=1S/C14H13NO2/c1-9-5-7-10(8-6-9)14-15-13(16)11-3-2-4-12(11)17-14/h5-8H,2-4H2,1H3. The fourth-order valence-corrected chi connectivity index (χ4v) is 2.17. The van der Waals surface area contributed by atoms with Gasteiger partial charge in [-0.05, 0) is 31.9 Å². The zero-order chi connectivity index (χ0) is 11.8. The minimum atomic E-state index is -0.126. The van der Waals surface area contributed by atoms with E-state index >= 15 is 0 Å². The highest BCUT2D eigenvalue weighted by Gasteiger charge is 2.19. The molecule has 0 fully saturated rings. The predicted molar refractivity (Wildman–Crippen MR) is 65.0 cm³/mol. The van der Waals surface area contributed by atoms with Gasteiger partial charge in [-0.3, -0.25) is 4.79 Å². The van der Waals surface area contributed by atoms with Gasteiger partial charge < -0.3 is 4.42 Å². The molecule has 1 aliphatic rings. The van der Waals surface area contributed by atoms with Gasteiger partial charge in [-0.25, -0.2) is 0 Å². The first kappa shape index (κ1) is 10.3. The number of hydrogen-bond acceptors (Lipinski definition) is 3. The van der Waals surface area contributed by atoms with Crippen molar-refractivity contribution in [3.63, 3.8) is 0 Å². The van der Waals surface area contributed by atoms with Gasteiger partial charge >= 0.3 is 0 Å². The van der Waals surface area contributed by atoms with Gasteiger partial charge in [0.25, 0.3) is 5.56 Å². The largest absolute Gasteiger partial charge is 0.442 e. The second kappa shape index (κ2) is 3.84. The van der Waals surface area contributed by atoms with Crippen molar-refractivity contribution in [3.8, 4) is 11.5 Å². The van der Waals surface area contributed by atoms with E-state index in [1.54, 1.807) is 0 Å². The maximum absolute atomic E-state index is 11.8. The van der Waals surface area contributed by atoms with Crippen LogP contribution < -0.4 is 5.56 Å². The molecule has 1 aromatic carbocycles. The number of fused-ring (bicyclic) bond motifs is 1. The predicted octanol–water partition coefficient (Wildman–Crippen LogP) is 2.50. The third kappa shape index (κ3) is 1.78. The second-order valence-electron chi connectivity index (χ2n) is 4.45. The van der Waals surface area contributed by atoms with Crippen molar-refractivity contribution in [3.05, 3.63) is 51.5 Å². The Morgan fingerprint density at radius 3 is 2.71 bits per heavy atom. The Kier molecular flexibility index (Phi) is 2.32. The highest BCUT2D eigenvalue weighted by atomic mass is 16.3. The van der Waals surface area contributed by atoms with E-state index < -0.39 is 0 Å². The molecular weight excluding hydrogens is 214 g/mol. The van der Waals surface area contributed by atoms with Crippen molar-refractivity contribution in [2.45, 2.75) is 26.2 Å². The molecule has 0 aliphatic heterocycles. The summed E-state index contributed by atoms with van der Waals surface area (Å²) < 4.78 is 5.72. The molecule has 86 valence electrons. The smallest absolute Gasteiger partial charge is 0.279 e. The van der Waals surface area contributed by atoms with Crippen LogP contribution in [0.15, 0.2) is 33.5 Å². The fourth-order valence-electron chi connectivity index (χ4n) is 2.17. The highest BCUT2D eigenvalue weighted by Crippen LogP contribution is 2.23. The molecule has 1 heterocycles. The Hall–Kier alpha value is -1.90. The van der Waals surface area contributed by atoms with Gasteiger partial charge in [0.15, 0.2) is 0 Å². The van der Waals surface area contributed by atoms with Crippen LogP contribution in [-0.2, 0) is 12.8 Å². The molecular formula is C14H13NO2. The second-order valence-corrected chi connectivity index (χ2v) is 4.45. The summed E-state index contributed by atoms with van der Waals surface area (Å²) in [5, 5.41) is 0. The van der Waals surface area contributed by atoms with E-state index in [2.05, 4.69) is 4.98 Å². The summed E-state index contributed by atoms with van der Waals surface area (Å²) in [4.78, 5) is 15.8. The summed E-state index contributed by atoms with van der Waals surface area (Å²) >= 11 is 0. The lowest BCUT2D eigenvalue weighted by molar-refractivity contribution is 0.494. The Labute approximate surface area is 99.1 Å². The van der Waals surface area contributed by atoms with E-state index in [0.29, 0.717) is 5.89 Å². The quantitative estimate of drug-likeness (QED) is 0.751. The minimum absolute atomic E-state index is 0.126. The van der Waals surface area contributed by atoms with Crippen molar-refractivity contribution in [1.82, 2.24) is 4.98 Å². The maximum Gasteiger partial charge on any atom is 0.279 e. The van der Waals surface area contributed by atoms with E-state index in [-0.39, 0.29) is 5.56 Å². The summed E-state index contributed by atoms with van der Waals surface area (Å²) in [5.41, 5.74) is 2.68. The summed E-state index contributed by atoms with van der Waals surface area (Å²) in [6.45, 7) is 2.02. The average Bonchev–Trinajstić information content (AvgIpc) is 2.78. The molecule has 17 heavy (non-hydrogen) atoms. The van der Waals surface area contributed by atoms with Gasteiger partial charge in [-0.1, -0.05) is 17.7 Å². The van der Waals surface area contributed by atoms with E-state index in [1.807, 2.05) is 31.2 Å². The van der Waals surface area contributed by atoms with Gasteiger partial charge in [0.05, 0.1) is 5.56 Å². The van der Waals surface area contributed by atoms with Gasteiger partial charge in [0.2, 0.25) is 5.89 Å². The van der Waals surface area contributed by atoms with Crippen LogP contribution in [0.5, 0.6) is 0 Å². The summed E-state index contributed by atoms with van der Waals surface area (Å²) in [5.74, 6) is 1.26. The van der Waals surface area contributed by atoms with Crippen LogP contribution in [0.2, 0.25) is 0 Å². The number of hydrogen-bond donors (Lipinski definition) is 0. The van der Waals surface area contributed by atoms with Crippen LogP contribution in [0.25, 0.3) is 11.5 Å². The molecule has 3 nitrogen and oxygen atoms in total. The minimum Gasteiger partial charge on any atom is -0.442 e. The van der Waals surface area contributed by atoms with Crippen molar-refractivity contribution >= 4 is 0 Å². The molecule has 0 N–H and O–H groups in total. The van der Waals surface area contributed by atoms with Crippen molar-refractivity contribution in [1.29, 1.82) is 0 Å². The van der Waals surface area contributed by atoms with Crippen molar-refractivity contribution in [2.75, 3.05) is 0 Å². The molecule has 1 aromatic heterocycles. The Morgan fingerprint density at radius 2 is 1.94 bits per heavy atom. The Bertz CT molecular complexity index is 611. The lowest BCUT2D eigenvalue weighted by atomic mass is 10.1. The van der Waals surface area contributed by atoms with E-state index in [1.165, 1.54) is 5.56 Å². The van der Waals surface area contributed by atoms with Gasteiger partial charge in [0.1, 0.15) is 5.76 Å². The van der Waals surface area contributed by atoms with Gasteiger partial charge in [-0.15, -0.1) is 0 Å². The molecule has 3 rings (SSSR count). The first-order valence-corrected chi connectivity index (χ1v) is 5.84. The molecule has 0 saturated carbocycles. The lowest BCUT2D eigenvalue weighted by Gasteiger charge is -2.03. The van der Waals surface area contributed by atoms with Crippen LogP contribution in [0, 0.1) is 6.92 Å². The number of aromatic nitrogens is 1. The monoisotopic (exact) mass is 227 g/mol. The van der Waals surface area contributed by atoms with E-state index in [0.717, 1.165) is 36.1 Å². The molecule has 0 bridgehead atoms. The lowest BCUT2D eigenvalue weighted by Crippen LogP contribution is -2.12. The number of nitrogens with zero attached hydrogens (tertiary/aromatic N) is 1. The summed E-state index contributed by atoms with van der Waals surface area (Å²) in [7, 11) is 0. The van der Waals surface area contributed by atoms with E-state index in [4.69, 9.17) is 4.42 Å². The third-order valence-electron chi connectivity index (χ3n) is 3.15. The third-order valence-corrected chi connectivity index (χ3v) is 3.15. The molecule has 0 unspecified atom stereocenters. The number of aryl methyl sites for hydroxylation is 2. The van der Waals surface area contributed by atoms with Gasteiger partial charge in [-0.2, -0.15) is 4.98 Å². The van der Waals surface area contributed by atoms with Crippen LogP contribution >= 0.6 is 0 Å². The van der Waals surface area contributed by atoms with Crippen LogP contribution in [0.4, 0.5) is 0 Å². The van der Waals surface area contributed by atoms with Crippen LogP contribution in [0.1, 0.15) is 23.3 Å². The molecule has 3 heteroatoms. The zero-order valence-corrected chi connectivity index (χ0v) is 9.69. The maximum atomic E-state index is 11.8.